The van der Waals surface area contributed by atoms with Crippen molar-refractivity contribution >= 4 is 0 Å². The molecule has 1 aliphatic rings. The standard InChI is InChI=1S/C12H16FN3/c13-11-8-15-7-6-10(11)12(16-14)9-4-2-1-3-5-9/h4,6-8,12,16H,1-3,5,14H2. The first-order chi connectivity index (χ1) is 7.83. The Labute approximate surface area is 94.5 Å². The molecule has 0 aliphatic heterocycles. The normalized spacial score (nSPS) is 18.0. The van der Waals surface area contributed by atoms with Crippen LogP contribution in [0.15, 0.2) is 30.1 Å². The zero-order valence-electron chi connectivity index (χ0n) is 9.12. The highest BCUT2D eigenvalue weighted by molar-refractivity contribution is 5.28. The Morgan fingerprint density at radius 3 is 2.94 bits per heavy atom. The molecule has 0 aromatic carbocycles. The Hall–Kier alpha value is -1.26. The lowest BCUT2D eigenvalue weighted by Gasteiger charge is -2.23. The summed E-state index contributed by atoms with van der Waals surface area (Å²) in [6.45, 7) is 0. The van der Waals surface area contributed by atoms with Gasteiger partial charge in [0, 0.05) is 11.8 Å². The van der Waals surface area contributed by atoms with Crippen LogP contribution in [0.25, 0.3) is 0 Å². The van der Waals surface area contributed by atoms with Gasteiger partial charge in [-0.3, -0.25) is 10.8 Å². The fraction of sp³-hybridized carbons (Fsp3) is 0.417. The predicted octanol–water partition coefficient (Wildman–Crippen LogP) is 2.23. The lowest BCUT2D eigenvalue weighted by molar-refractivity contribution is 0.525. The Morgan fingerprint density at radius 2 is 2.31 bits per heavy atom. The molecule has 0 amide bonds. The third-order valence-electron chi connectivity index (χ3n) is 2.98. The van der Waals surface area contributed by atoms with Crippen LogP contribution in [0.3, 0.4) is 0 Å². The number of hydrogen-bond acceptors (Lipinski definition) is 3. The Kier molecular flexibility index (Phi) is 3.64. The summed E-state index contributed by atoms with van der Waals surface area (Å²) in [6, 6.07) is 1.46. The quantitative estimate of drug-likeness (QED) is 0.467. The van der Waals surface area contributed by atoms with Gasteiger partial charge in [0.05, 0.1) is 12.2 Å². The average Bonchev–Trinajstić information content (AvgIpc) is 2.34. The Balaban J connectivity index is 2.28. The highest BCUT2D eigenvalue weighted by atomic mass is 19.1. The van der Waals surface area contributed by atoms with Gasteiger partial charge in [-0.05, 0) is 31.7 Å². The van der Waals surface area contributed by atoms with Crippen molar-refractivity contribution in [2.24, 2.45) is 5.84 Å². The number of aromatic nitrogens is 1. The molecule has 1 aliphatic carbocycles. The van der Waals surface area contributed by atoms with Crippen LogP contribution in [-0.4, -0.2) is 4.98 Å². The Morgan fingerprint density at radius 1 is 1.44 bits per heavy atom. The molecule has 1 aromatic heterocycles. The monoisotopic (exact) mass is 221 g/mol. The van der Waals surface area contributed by atoms with E-state index in [1.165, 1.54) is 18.2 Å². The van der Waals surface area contributed by atoms with E-state index in [1.54, 1.807) is 12.3 Å². The van der Waals surface area contributed by atoms with E-state index < -0.39 is 0 Å². The van der Waals surface area contributed by atoms with E-state index in [0.717, 1.165) is 19.3 Å². The minimum atomic E-state index is -0.308. The van der Waals surface area contributed by atoms with Crippen molar-refractivity contribution < 1.29 is 4.39 Å². The lowest BCUT2D eigenvalue weighted by atomic mass is 9.90. The molecule has 3 nitrogen and oxygen atoms in total. The molecule has 1 unspecified atom stereocenters. The minimum Gasteiger partial charge on any atom is -0.271 e. The molecule has 0 radical (unpaired) electrons. The van der Waals surface area contributed by atoms with Crippen molar-refractivity contribution in [2.45, 2.75) is 31.7 Å². The average molecular weight is 221 g/mol. The molecule has 16 heavy (non-hydrogen) atoms. The van der Waals surface area contributed by atoms with Gasteiger partial charge in [0.2, 0.25) is 0 Å². The molecule has 2 rings (SSSR count). The lowest BCUT2D eigenvalue weighted by Crippen LogP contribution is -2.30. The maximum atomic E-state index is 13.6. The summed E-state index contributed by atoms with van der Waals surface area (Å²) >= 11 is 0. The number of hydrogen-bond donors (Lipinski definition) is 2. The Bertz CT molecular complexity index is 390. The molecule has 4 heteroatoms. The van der Waals surface area contributed by atoms with Crippen molar-refractivity contribution in [3.05, 3.63) is 41.5 Å². The number of allylic oxidation sites excluding steroid dienone is 1. The third-order valence-corrected chi connectivity index (χ3v) is 2.98. The van der Waals surface area contributed by atoms with Crippen molar-refractivity contribution in [1.82, 2.24) is 10.4 Å². The zero-order valence-corrected chi connectivity index (χ0v) is 9.12. The van der Waals surface area contributed by atoms with Crippen LogP contribution in [0.1, 0.15) is 37.3 Å². The number of nitrogens with zero attached hydrogens (tertiary/aromatic N) is 1. The number of rotatable bonds is 3. The summed E-state index contributed by atoms with van der Waals surface area (Å²) in [6.07, 6.45) is 9.37. The summed E-state index contributed by atoms with van der Waals surface area (Å²) in [4.78, 5) is 3.74. The van der Waals surface area contributed by atoms with Crippen LogP contribution in [0.2, 0.25) is 0 Å². The summed E-state index contributed by atoms with van der Waals surface area (Å²) < 4.78 is 13.6. The summed E-state index contributed by atoms with van der Waals surface area (Å²) in [5.74, 6) is 5.22. The third kappa shape index (κ3) is 2.28. The molecular weight excluding hydrogens is 205 g/mol. The number of halogens is 1. The smallest absolute Gasteiger partial charge is 0.146 e. The van der Waals surface area contributed by atoms with Crippen LogP contribution in [0.4, 0.5) is 4.39 Å². The van der Waals surface area contributed by atoms with E-state index >= 15 is 0 Å². The molecule has 86 valence electrons. The van der Waals surface area contributed by atoms with Gasteiger partial charge >= 0.3 is 0 Å². The van der Waals surface area contributed by atoms with Gasteiger partial charge in [-0.2, -0.15) is 0 Å². The molecule has 0 saturated heterocycles. The molecule has 1 heterocycles. The molecule has 0 bridgehead atoms. The van der Waals surface area contributed by atoms with Gasteiger partial charge in [-0.15, -0.1) is 0 Å². The predicted molar refractivity (Wildman–Crippen MR) is 60.8 cm³/mol. The first kappa shape index (κ1) is 11.2. The molecule has 0 fully saturated rings. The summed E-state index contributed by atoms with van der Waals surface area (Å²) in [5.41, 5.74) is 4.45. The van der Waals surface area contributed by atoms with Gasteiger partial charge < -0.3 is 0 Å². The van der Waals surface area contributed by atoms with E-state index in [1.807, 2.05) is 0 Å². The number of pyridine rings is 1. The molecule has 0 spiro atoms. The van der Waals surface area contributed by atoms with Gasteiger partial charge in [-0.1, -0.05) is 11.6 Å². The van der Waals surface area contributed by atoms with Crippen LogP contribution in [0.5, 0.6) is 0 Å². The van der Waals surface area contributed by atoms with Crippen molar-refractivity contribution in [1.29, 1.82) is 0 Å². The van der Waals surface area contributed by atoms with E-state index in [2.05, 4.69) is 16.5 Å². The molecule has 1 atom stereocenters. The maximum Gasteiger partial charge on any atom is 0.146 e. The second-order valence-electron chi connectivity index (χ2n) is 4.02. The second kappa shape index (κ2) is 5.18. The second-order valence-corrected chi connectivity index (χ2v) is 4.02. The molecule has 1 aromatic rings. The van der Waals surface area contributed by atoms with E-state index in [4.69, 9.17) is 5.84 Å². The first-order valence-corrected chi connectivity index (χ1v) is 5.57. The molecule has 0 saturated carbocycles. The fourth-order valence-electron chi connectivity index (χ4n) is 2.14. The largest absolute Gasteiger partial charge is 0.271 e. The van der Waals surface area contributed by atoms with Crippen molar-refractivity contribution in [3.8, 4) is 0 Å². The number of nitrogens with one attached hydrogen (secondary N) is 1. The number of hydrazine groups is 1. The van der Waals surface area contributed by atoms with Crippen LogP contribution in [-0.2, 0) is 0 Å². The highest BCUT2D eigenvalue weighted by Crippen LogP contribution is 2.30. The van der Waals surface area contributed by atoms with Gasteiger partial charge in [0.25, 0.3) is 0 Å². The van der Waals surface area contributed by atoms with Crippen LogP contribution in [0, 0.1) is 5.82 Å². The molecule has 3 N–H and O–H groups in total. The summed E-state index contributed by atoms with van der Waals surface area (Å²) in [5, 5.41) is 0. The van der Waals surface area contributed by atoms with Gasteiger partial charge in [0.1, 0.15) is 5.82 Å². The van der Waals surface area contributed by atoms with Crippen molar-refractivity contribution in [2.75, 3.05) is 0 Å². The van der Waals surface area contributed by atoms with E-state index in [0.29, 0.717) is 5.56 Å². The van der Waals surface area contributed by atoms with Gasteiger partial charge in [-0.25, -0.2) is 9.82 Å². The topological polar surface area (TPSA) is 50.9 Å². The fourth-order valence-corrected chi connectivity index (χ4v) is 2.14. The summed E-state index contributed by atoms with van der Waals surface area (Å²) in [7, 11) is 0. The van der Waals surface area contributed by atoms with E-state index in [9.17, 15) is 4.39 Å². The van der Waals surface area contributed by atoms with Crippen LogP contribution >= 0.6 is 0 Å². The van der Waals surface area contributed by atoms with E-state index in [-0.39, 0.29) is 11.9 Å². The minimum absolute atomic E-state index is 0.219. The SMILES string of the molecule is NNC(C1=CCCCC1)c1ccncc1F. The molecular formula is C12H16FN3. The maximum absolute atomic E-state index is 13.6. The zero-order chi connectivity index (χ0) is 11.4. The highest BCUT2D eigenvalue weighted by Gasteiger charge is 2.19. The van der Waals surface area contributed by atoms with Crippen LogP contribution < -0.4 is 11.3 Å². The van der Waals surface area contributed by atoms with Crippen molar-refractivity contribution in [3.63, 3.8) is 0 Å². The number of nitrogens with two attached hydrogens (primary N) is 1. The van der Waals surface area contributed by atoms with Gasteiger partial charge in [0.15, 0.2) is 0 Å². The first-order valence-electron chi connectivity index (χ1n) is 5.57.